The van der Waals surface area contributed by atoms with Crippen molar-refractivity contribution in [3.8, 4) is 0 Å². The van der Waals surface area contributed by atoms with Crippen molar-refractivity contribution in [2.75, 3.05) is 13.6 Å². The average molecular weight is 235 g/mol. The first-order valence-electron chi connectivity index (χ1n) is 6.19. The molecule has 0 aliphatic rings. The van der Waals surface area contributed by atoms with Gasteiger partial charge in [0, 0.05) is 0 Å². The van der Waals surface area contributed by atoms with Crippen LogP contribution in [0.1, 0.15) is 30.9 Å². The average Bonchev–Trinajstić information content (AvgIpc) is 2.26. The van der Waals surface area contributed by atoms with Gasteiger partial charge in [-0.2, -0.15) is 0 Å². The minimum atomic E-state index is -0.122. The van der Waals surface area contributed by atoms with E-state index in [1.165, 1.54) is 0 Å². The predicted octanol–water partition coefficient (Wildman–Crippen LogP) is 3.49. The molecule has 1 N–H and O–H groups in total. The molecule has 0 fully saturated rings. The van der Waals surface area contributed by atoms with Crippen LogP contribution >= 0.6 is 0 Å². The van der Waals surface area contributed by atoms with Crippen LogP contribution in [0.2, 0.25) is 0 Å². The summed E-state index contributed by atoms with van der Waals surface area (Å²) in [6.07, 6.45) is 3.78. The fraction of sp³-hybridized carbons (Fsp3) is 0.467. The van der Waals surface area contributed by atoms with E-state index in [4.69, 9.17) is 0 Å². The van der Waals surface area contributed by atoms with E-state index in [2.05, 4.69) is 18.0 Å². The summed E-state index contributed by atoms with van der Waals surface area (Å²) in [7, 11) is 1.93. The number of rotatable bonds is 7. The van der Waals surface area contributed by atoms with Gasteiger partial charge in [-0.05, 0) is 69.5 Å². The lowest BCUT2D eigenvalue weighted by atomic mass is 10.0. The highest BCUT2D eigenvalue weighted by Crippen LogP contribution is 2.14. The third-order valence-electron chi connectivity index (χ3n) is 2.75. The van der Waals surface area contributed by atoms with Crippen LogP contribution in [-0.4, -0.2) is 13.6 Å². The highest BCUT2D eigenvalue weighted by molar-refractivity contribution is 5.25. The van der Waals surface area contributed by atoms with Gasteiger partial charge >= 0.3 is 0 Å². The standard InChI is InChI=1S/C15H22FN/c1-12(2)6-7-14-9-13(5-4-8-17-3)10-15(16)11-14/h9-11,17H,1,4-8H2,2-3H3. The molecule has 1 rings (SSSR count). The van der Waals surface area contributed by atoms with Gasteiger partial charge < -0.3 is 5.32 Å². The molecule has 0 amide bonds. The van der Waals surface area contributed by atoms with Gasteiger partial charge in [0.2, 0.25) is 0 Å². The molecule has 0 spiro atoms. The lowest BCUT2D eigenvalue weighted by molar-refractivity contribution is 0.620. The summed E-state index contributed by atoms with van der Waals surface area (Å²) in [6.45, 7) is 6.85. The Kier molecular flexibility index (Phi) is 5.92. The van der Waals surface area contributed by atoms with Crippen LogP contribution in [0.4, 0.5) is 4.39 Å². The first-order valence-corrected chi connectivity index (χ1v) is 6.19. The van der Waals surface area contributed by atoms with Gasteiger partial charge in [0.25, 0.3) is 0 Å². The van der Waals surface area contributed by atoms with E-state index in [9.17, 15) is 4.39 Å². The SMILES string of the molecule is C=C(C)CCc1cc(F)cc(CCCNC)c1. The van der Waals surface area contributed by atoms with Gasteiger partial charge in [-0.15, -0.1) is 6.58 Å². The van der Waals surface area contributed by atoms with Crippen molar-refractivity contribution in [1.82, 2.24) is 5.32 Å². The lowest BCUT2D eigenvalue weighted by Crippen LogP contribution is -2.08. The van der Waals surface area contributed by atoms with Crippen molar-refractivity contribution in [3.05, 3.63) is 47.3 Å². The number of halogens is 1. The van der Waals surface area contributed by atoms with Gasteiger partial charge in [0.05, 0.1) is 0 Å². The maximum Gasteiger partial charge on any atom is 0.123 e. The molecule has 0 saturated heterocycles. The molecule has 0 aliphatic heterocycles. The van der Waals surface area contributed by atoms with Crippen molar-refractivity contribution in [2.24, 2.45) is 0 Å². The zero-order chi connectivity index (χ0) is 12.7. The van der Waals surface area contributed by atoms with Crippen LogP contribution in [0.25, 0.3) is 0 Å². The van der Waals surface area contributed by atoms with Gasteiger partial charge in [-0.25, -0.2) is 4.39 Å². The zero-order valence-corrected chi connectivity index (χ0v) is 10.9. The van der Waals surface area contributed by atoms with E-state index in [-0.39, 0.29) is 5.82 Å². The Morgan fingerprint density at radius 1 is 1.24 bits per heavy atom. The molecule has 0 aliphatic carbocycles. The number of aryl methyl sites for hydroxylation is 2. The van der Waals surface area contributed by atoms with Crippen LogP contribution in [0.5, 0.6) is 0 Å². The Morgan fingerprint density at radius 2 is 1.88 bits per heavy atom. The van der Waals surface area contributed by atoms with Gasteiger partial charge in [0.15, 0.2) is 0 Å². The topological polar surface area (TPSA) is 12.0 Å². The number of allylic oxidation sites excluding steroid dienone is 1. The monoisotopic (exact) mass is 235 g/mol. The molecule has 2 heteroatoms. The number of nitrogens with one attached hydrogen (secondary N) is 1. The fourth-order valence-electron chi connectivity index (χ4n) is 1.83. The summed E-state index contributed by atoms with van der Waals surface area (Å²) >= 11 is 0. The summed E-state index contributed by atoms with van der Waals surface area (Å²) < 4.78 is 13.4. The second-order valence-corrected chi connectivity index (χ2v) is 4.63. The summed E-state index contributed by atoms with van der Waals surface area (Å²) in [5, 5.41) is 3.10. The molecule has 0 heterocycles. The second-order valence-electron chi connectivity index (χ2n) is 4.63. The molecule has 0 bridgehead atoms. The molecule has 1 nitrogen and oxygen atoms in total. The summed E-state index contributed by atoms with van der Waals surface area (Å²) in [4.78, 5) is 0. The second kappa shape index (κ2) is 7.23. The highest BCUT2D eigenvalue weighted by Gasteiger charge is 2.01. The molecule has 0 atom stereocenters. The van der Waals surface area contributed by atoms with Crippen LogP contribution in [0.3, 0.4) is 0 Å². The molecule has 1 aromatic rings. The minimum Gasteiger partial charge on any atom is -0.320 e. The third kappa shape index (κ3) is 5.64. The maximum absolute atomic E-state index is 13.4. The molecular formula is C15H22FN. The normalized spacial score (nSPS) is 10.5. The first kappa shape index (κ1) is 13.9. The number of benzene rings is 1. The lowest BCUT2D eigenvalue weighted by Gasteiger charge is -2.06. The highest BCUT2D eigenvalue weighted by atomic mass is 19.1. The van der Waals surface area contributed by atoms with Gasteiger partial charge in [-0.1, -0.05) is 11.6 Å². The molecule has 0 unspecified atom stereocenters. The summed E-state index contributed by atoms with van der Waals surface area (Å²) in [6, 6.07) is 5.38. The number of hydrogen-bond donors (Lipinski definition) is 1. The number of hydrogen-bond acceptors (Lipinski definition) is 1. The Hall–Kier alpha value is -1.15. The molecule has 0 saturated carbocycles. The molecule has 17 heavy (non-hydrogen) atoms. The quantitative estimate of drug-likeness (QED) is 0.563. The maximum atomic E-state index is 13.4. The first-order chi connectivity index (χ1) is 8.11. The largest absolute Gasteiger partial charge is 0.320 e. The molecule has 94 valence electrons. The van der Waals surface area contributed by atoms with Gasteiger partial charge in [0.1, 0.15) is 5.82 Å². The van der Waals surface area contributed by atoms with Crippen LogP contribution in [0.15, 0.2) is 30.4 Å². The minimum absolute atomic E-state index is 0.122. The Labute approximate surface area is 104 Å². The van der Waals surface area contributed by atoms with E-state index < -0.39 is 0 Å². The Balaban J connectivity index is 2.62. The van der Waals surface area contributed by atoms with E-state index in [1.807, 2.05) is 14.0 Å². The van der Waals surface area contributed by atoms with Crippen molar-refractivity contribution >= 4 is 0 Å². The Bertz CT molecular complexity index is 371. The third-order valence-corrected chi connectivity index (χ3v) is 2.75. The van der Waals surface area contributed by atoms with E-state index in [0.717, 1.165) is 48.9 Å². The van der Waals surface area contributed by atoms with Crippen LogP contribution < -0.4 is 5.32 Å². The van der Waals surface area contributed by atoms with Crippen LogP contribution in [-0.2, 0) is 12.8 Å². The molecule has 0 aromatic heterocycles. The van der Waals surface area contributed by atoms with Crippen LogP contribution in [0, 0.1) is 5.82 Å². The molecular weight excluding hydrogens is 213 g/mol. The van der Waals surface area contributed by atoms with E-state index in [1.54, 1.807) is 12.1 Å². The van der Waals surface area contributed by atoms with Crippen molar-refractivity contribution in [1.29, 1.82) is 0 Å². The van der Waals surface area contributed by atoms with Gasteiger partial charge in [-0.3, -0.25) is 0 Å². The van der Waals surface area contributed by atoms with E-state index in [0.29, 0.717) is 0 Å². The smallest absolute Gasteiger partial charge is 0.123 e. The van der Waals surface area contributed by atoms with E-state index >= 15 is 0 Å². The Morgan fingerprint density at radius 3 is 2.47 bits per heavy atom. The zero-order valence-electron chi connectivity index (χ0n) is 10.9. The molecule has 0 radical (unpaired) electrons. The summed E-state index contributed by atoms with van der Waals surface area (Å²) in [5.74, 6) is -0.122. The predicted molar refractivity (Wildman–Crippen MR) is 71.8 cm³/mol. The van der Waals surface area contributed by atoms with Crippen molar-refractivity contribution < 1.29 is 4.39 Å². The van der Waals surface area contributed by atoms with Crippen molar-refractivity contribution in [2.45, 2.75) is 32.6 Å². The fourth-order valence-corrected chi connectivity index (χ4v) is 1.83. The summed E-state index contributed by atoms with van der Waals surface area (Å²) in [5.41, 5.74) is 3.32. The molecule has 1 aromatic carbocycles. The van der Waals surface area contributed by atoms with Crippen molar-refractivity contribution in [3.63, 3.8) is 0 Å².